The number of ether oxygens (including phenoxy) is 1. The first kappa shape index (κ1) is 11.0. The van der Waals surface area contributed by atoms with Crippen molar-refractivity contribution in [3.8, 4) is 5.95 Å². The van der Waals surface area contributed by atoms with E-state index in [0.29, 0.717) is 0 Å². The van der Waals surface area contributed by atoms with Gasteiger partial charge < -0.3 is 19.4 Å². The first-order valence-corrected chi connectivity index (χ1v) is 4.12. The quantitative estimate of drug-likeness (QED) is 0.731. The number of hydrogen-bond acceptors (Lipinski definition) is 5. The molecule has 0 atom stereocenters. The summed E-state index contributed by atoms with van der Waals surface area (Å²) in [6.07, 6.45) is -0.438. The molecule has 0 saturated heterocycles. The van der Waals surface area contributed by atoms with E-state index in [-0.39, 0.29) is 18.2 Å². The molecule has 0 radical (unpaired) electrons. The Kier molecular flexibility index (Phi) is 3.27. The zero-order valence-electron chi connectivity index (χ0n) is 7.89. The van der Waals surface area contributed by atoms with Crippen LogP contribution in [0.3, 0.4) is 0 Å². The highest BCUT2D eigenvalue weighted by atomic mass is 16.6. The Balaban J connectivity index is 2.99. The molecular formula is C8H9NO6. The van der Waals surface area contributed by atoms with Crippen LogP contribution in [0.5, 0.6) is 5.95 Å². The zero-order valence-corrected chi connectivity index (χ0v) is 7.89. The average molecular weight is 215 g/mol. The van der Waals surface area contributed by atoms with Crippen LogP contribution in [0.4, 0.5) is 0 Å². The fraction of sp³-hybridized carbons (Fsp3) is 0.375. The van der Waals surface area contributed by atoms with Gasteiger partial charge in [0.15, 0.2) is 0 Å². The summed E-state index contributed by atoms with van der Waals surface area (Å²) in [5.74, 6) is -3.24. The second-order valence-electron chi connectivity index (χ2n) is 2.56. The van der Waals surface area contributed by atoms with Gasteiger partial charge in [-0.2, -0.15) is 0 Å². The SMILES string of the molecule is CCOc1oc(C(=O)O)nc1CC(=O)O. The van der Waals surface area contributed by atoms with E-state index in [9.17, 15) is 9.59 Å². The van der Waals surface area contributed by atoms with E-state index >= 15 is 0 Å². The lowest BCUT2D eigenvalue weighted by molar-refractivity contribution is -0.136. The van der Waals surface area contributed by atoms with Crippen LogP contribution in [-0.4, -0.2) is 33.7 Å². The number of hydrogen-bond donors (Lipinski definition) is 2. The van der Waals surface area contributed by atoms with Gasteiger partial charge in [0, 0.05) is 0 Å². The van der Waals surface area contributed by atoms with Gasteiger partial charge >= 0.3 is 23.8 Å². The predicted molar refractivity (Wildman–Crippen MR) is 46.0 cm³/mol. The van der Waals surface area contributed by atoms with Crippen molar-refractivity contribution in [3.05, 3.63) is 11.6 Å². The van der Waals surface area contributed by atoms with Crippen molar-refractivity contribution in [2.75, 3.05) is 6.61 Å². The van der Waals surface area contributed by atoms with E-state index in [1.165, 1.54) is 0 Å². The van der Waals surface area contributed by atoms with Gasteiger partial charge in [0.2, 0.25) is 0 Å². The van der Waals surface area contributed by atoms with Gasteiger partial charge in [-0.05, 0) is 6.92 Å². The molecule has 0 aliphatic carbocycles. The minimum Gasteiger partial charge on any atom is -0.481 e. The minimum absolute atomic E-state index is 0.0262. The van der Waals surface area contributed by atoms with Crippen molar-refractivity contribution < 1.29 is 29.0 Å². The van der Waals surface area contributed by atoms with Gasteiger partial charge in [-0.3, -0.25) is 4.79 Å². The minimum atomic E-state index is -1.37. The molecule has 1 aromatic heterocycles. The second kappa shape index (κ2) is 4.45. The third-order valence-electron chi connectivity index (χ3n) is 1.44. The number of aromatic carboxylic acids is 1. The van der Waals surface area contributed by atoms with Crippen LogP contribution in [0.1, 0.15) is 23.3 Å². The van der Waals surface area contributed by atoms with Crippen LogP contribution < -0.4 is 4.74 Å². The summed E-state index contributed by atoms with van der Waals surface area (Å²) in [4.78, 5) is 24.4. The smallest absolute Gasteiger partial charge is 0.392 e. The van der Waals surface area contributed by atoms with E-state index in [1.54, 1.807) is 6.92 Å². The zero-order chi connectivity index (χ0) is 11.4. The van der Waals surface area contributed by atoms with Crippen molar-refractivity contribution >= 4 is 11.9 Å². The van der Waals surface area contributed by atoms with Gasteiger partial charge in [-0.1, -0.05) is 0 Å². The van der Waals surface area contributed by atoms with Crippen molar-refractivity contribution in [2.24, 2.45) is 0 Å². The van der Waals surface area contributed by atoms with Crippen molar-refractivity contribution in [3.63, 3.8) is 0 Å². The van der Waals surface area contributed by atoms with Crippen LogP contribution in [0, 0.1) is 0 Å². The summed E-state index contributed by atoms with van der Waals surface area (Å²) in [6.45, 7) is 1.90. The topological polar surface area (TPSA) is 110 Å². The van der Waals surface area contributed by atoms with Gasteiger partial charge in [-0.15, -0.1) is 0 Å². The molecule has 15 heavy (non-hydrogen) atoms. The molecular weight excluding hydrogens is 206 g/mol. The lowest BCUT2D eigenvalue weighted by Gasteiger charge is -1.97. The lowest BCUT2D eigenvalue weighted by Crippen LogP contribution is -2.03. The van der Waals surface area contributed by atoms with E-state index in [0.717, 1.165) is 0 Å². The summed E-state index contributed by atoms with van der Waals surface area (Å²) < 4.78 is 9.63. The summed E-state index contributed by atoms with van der Waals surface area (Å²) in [5.41, 5.74) is -0.0262. The maximum atomic E-state index is 10.5. The molecule has 7 heteroatoms. The second-order valence-corrected chi connectivity index (χ2v) is 2.56. The Hall–Kier alpha value is -2.05. The van der Waals surface area contributed by atoms with Crippen LogP contribution in [0.15, 0.2) is 4.42 Å². The van der Waals surface area contributed by atoms with E-state index in [2.05, 4.69) is 4.98 Å². The monoisotopic (exact) mass is 215 g/mol. The molecule has 1 aromatic rings. The maximum absolute atomic E-state index is 10.5. The number of aliphatic carboxylic acids is 1. The molecule has 0 unspecified atom stereocenters. The van der Waals surface area contributed by atoms with Gasteiger partial charge in [0.05, 0.1) is 13.0 Å². The fourth-order valence-electron chi connectivity index (χ4n) is 0.928. The van der Waals surface area contributed by atoms with Crippen LogP contribution in [0.2, 0.25) is 0 Å². The largest absolute Gasteiger partial charge is 0.481 e. The average Bonchev–Trinajstić information content (AvgIpc) is 2.48. The van der Waals surface area contributed by atoms with Gasteiger partial charge in [0.25, 0.3) is 0 Å². The molecule has 0 amide bonds. The molecule has 1 rings (SSSR count). The van der Waals surface area contributed by atoms with Crippen LogP contribution >= 0.6 is 0 Å². The number of aromatic nitrogens is 1. The van der Waals surface area contributed by atoms with Crippen molar-refractivity contribution in [2.45, 2.75) is 13.3 Å². The highest BCUT2D eigenvalue weighted by molar-refractivity contribution is 5.82. The number of oxazole rings is 1. The lowest BCUT2D eigenvalue weighted by atomic mass is 10.3. The van der Waals surface area contributed by atoms with Crippen LogP contribution in [0.25, 0.3) is 0 Å². The summed E-state index contributed by atoms with van der Waals surface area (Å²) in [5, 5.41) is 17.1. The van der Waals surface area contributed by atoms with E-state index < -0.39 is 24.3 Å². The molecule has 1 heterocycles. The highest BCUT2D eigenvalue weighted by Gasteiger charge is 2.20. The van der Waals surface area contributed by atoms with Crippen LogP contribution in [-0.2, 0) is 11.2 Å². The van der Waals surface area contributed by atoms with Gasteiger partial charge in [0.1, 0.15) is 5.69 Å². The Morgan fingerprint density at radius 1 is 1.47 bits per heavy atom. The third kappa shape index (κ3) is 2.70. The normalized spacial score (nSPS) is 9.93. The molecule has 0 bridgehead atoms. The molecule has 7 nitrogen and oxygen atoms in total. The Bertz CT molecular complexity index is 382. The molecule has 0 saturated carbocycles. The summed E-state index contributed by atoms with van der Waals surface area (Å²) in [7, 11) is 0. The number of nitrogens with zero attached hydrogens (tertiary/aromatic N) is 1. The molecule has 0 aromatic carbocycles. The number of rotatable bonds is 5. The third-order valence-corrected chi connectivity index (χ3v) is 1.44. The molecule has 0 aliphatic rings. The Morgan fingerprint density at radius 2 is 2.13 bits per heavy atom. The van der Waals surface area contributed by atoms with Crippen molar-refractivity contribution in [1.29, 1.82) is 0 Å². The highest BCUT2D eigenvalue weighted by Crippen LogP contribution is 2.20. The number of carbonyl (C=O) groups is 2. The summed E-state index contributed by atoms with van der Waals surface area (Å²) >= 11 is 0. The molecule has 2 N–H and O–H groups in total. The molecule has 82 valence electrons. The van der Waals surface area contributed by atoms with E-state index in [1.807, 2.05) is 0 Å². The Morgan fingerprint density at radius 3 is 2.60 bits per heavy atom. The van der Waals surface area contributed by atoms with Gasteiger partial charge in [-0.25, -0.2) is 9.78 Å². The molecule has 0 aliphatic heterocycles. The van der Waals surface area contributed by atoms with Crippen molar-refractivity contribution in [1.82, 2.24) is 4.98 Å². The first-order valence-electron chi connectivity index (χ1n) is 4.12. The molecule has 0 spiro atoms. The maximum Gasteiger partial charge on any atom is 0.392 e. The number of carboxylic acid groups (broad SMARTS) is 2. The van der Waals surface area contributed by atoms with E-state index in [4.69, 9.17) is 19.4 Å². The fourth-order valence-corrected chi connectivity index (χ4v) is 0.928. The first-order chi connectivity index (χ1) is 7.04. The summed E-state index contributed by atoms with van der Waals surface area (Å²) in [6, 6.07) is 0. The molecule has 0 fully saturated rings. The number of carboxylic acids is 2. The predicted octanol–water partition coefficient (Wildman–Crippen LogP) is 0.399. The Labute approximate surface area is 84.3 Å². The standard InChI is InChI=1S/C8H9NO6/c1-2-14-8-4(3-5(10)11)9-6(15-8)7(12)13/h2-3H2,1H3,(H,10,11)(H,12,13).